The van der Waals surface area contributed by atoms with Gasteiger partial charge in [-0.25, -0.2) is 15.0 Å². The summed E-state index contributed by atoms with van der Waals surface area (Å²) in [6, 6.07) is 9.41. The Bertz CT molecular complexity index is 1640. The van der Waals surface area contributed by atoms with E-state index in [0.717, 1.165) is 47.4 Å². The van der Waals surface area contributed by atoms with Crippen molar-refractivity contribution in [2.45, 2.75) is 77.9 Å². The molecule has 0 atom stereocenters. The third-order valence-corrected chi connectivity index (χ3v) is 7.79. The first-order valence-corrected chi connectivity index (χ1v) is 14.2. The predicted molar refractivity (Wildman–Crippen MR) is 151 cm³/mol. The van der Waals surface area contributed by atoms with Gasteiger partial charge in [-0.3, -0.25) is 9.58 Å². The molecule has 1 aromatic carbocycles. The van der Waals surface area contributed by atoms with Gasteiger partial charge in [-0.2, -0.15) is 23.5 Å². The maximum Gasteiger partial charge on any atom is 0.434 e. The molecule has 2 aliphatic rings. The van der Waals surface area contributed by atoms with Gasteiger partial charge < -0.3 is 9.88 Å². The predicted octanol–water partition coefficient (Wildman–Crippen LogP) is 6.15. The molecule has 1 N–H and O–H groups in total. The fourth-order valence-electron chi connectivity index (χ4n) is 5.45. The standard InChI is InChI=1S/C30H32F3N9/c1-4-42-26(22(14-36-42)20-9-10-20)28-37-24-16-40(12-11-34)15-23(24)27(39-28)35-13-19-5-7-21(8-6-19)29-38-25(30(31,32)33)17-41(29)18(2)3/h5-8,14,17-18,20H,4,9-10,12-13,15-16H2,1-3H3,(H,35,37,39). The lowest BCUT2D eigenvalue weighted by Gasteiger charge is -2.14. The van der Waals surface area contributed by atoms with E-state index in [-0.39, 0.29) is 11.9 Å². The number of alkyl halides is 3. The minimum absolute atomic E-state index is 0.177. The van der Waals surface area contributed by atoms with Crippen molar-refractivity contribution in [1.29, 1.82) is 5.26 Å². The van der Waals surface area contributed by atoms with E-state index < -0.39 is 11.9 Å². The smallest absolute Gasteiger partial charge is 0.366 e. The zero-order valence-electron chi connectivity index (χ0n) is 23.8. The van der Waals surface area contributed by atoms with Crippen molar-refractivity contribution in [1.82, 2.24) is 34.2 Å². The lowest BCUT2D eigenvalue weighted by Crippen LogP contribution is -2.16. The van der Waals surface area contributed by atoms with Gasteiger partial charge in [0.05, 0.1) is 24.5 Å². The first-order valence-electron chi connectivity index (χ1n) is 14.2. The quantitative estimate of drug-likeness (QED) is 0.239. The Morgan fingerprint density at radius 2 is 1.86 bits per heavy atom. The summed E-state index contributed by atoms with van der Waals surface area (Å²) in [6.07, 6.45) is 0.772. The number of benzene rings is 1. The number of nitrogens with one attached hydrogen (secondary N) is 1. The number of nitrogens with zero attached hydrogens (tertiary/aromatic N) is 8. The maximum absolute atomic E-state index is 13.4. The molecule has 1 aliphatic carbocycles. The van der Waals surface area contributed by atoms with Crippen LogP contribution in [-0.4, -0.2) is 40.7 Å². The van der Waals surface area contributed by atoms with Crippen LogP contribution in [0.4, 0.5) is 19.0 Å². The van der Waals surface area contributed by atoms with Crippen molar-refractivity contribution < 1.29 is 13.2 Å². The van der Waals surface area contributed by atoms with Crippen LogP contribution in [0.5, 0.6) is 0 Å². The van der Waals surface area contributed by atoms with Crippen molar-refractivity contribution in [2.24, 2.45) is 0 Å². The normalized spacial score (nSPS) is 15.3. The Morgan fingerprint density at radius 3 is 2.50 bits per heavy atom. The van der Waals surface area contributed by atoms with E-state index in [0.29, 0.717) is 50.0 Å². The van der Waals surface area contributed by atoms with Crippen LogP contribution in [0.2, 0.25) is 0 Å². The highest BCUT2D eigenvalue weighted by atomic mass is 19.4. The van der Waals surface area contributed by atoms with Gasteiger partial charge in [-0.05, 0) is 45.1 Å². The zero-order valence-corrected chi connectivity index (χ0v) is 23.8. The first kappa shape index (κ1) is 27.9. The average Bonchev–Trinajstić information content (AvgIpc) is 3.35. The van der Waals surface area contributed by atoms with Crippen LogP contribution in [0, 0.1) is 11.3 Å². The van der Waals surface area contributed by atoms with Crippen LogP contribution in [0.1, 0.15) is 73.7 Å². The summed E-state index contributed by atoms with van der Waals surface area (Å²) in [5.41, 5.74) is 4.66. The zero-order chi connectivity index (χ0) is 29.6. The van der Waals surface area contributed by atoms with E-state index in [9.17, 15) is 18.4 Å². The van der Waals surface area contributed by atoms with Gasteiger partial charge in [-0.15, -0.1) is 0 Å². The number of anilines is 1. The Kier molecular flexibility index (Phi) is 7.22. The van der Waals surface area contributed by atoms with Gasteiger partial charge in [0.2, 0.25) is 0 Å². The van der Waals surface area contributed by atoms with E-state index in [1.807, 2.05) is 41.8 Å². The Hall–Kier alpha value is -4.24. The molecule has 0 spiro atoms. The van der Waals surface area contributed by atoms with Crippen LogP contribution in [0.25, 0.3) is 22.9 Å². The molecule has 9 nitrogen and oxygen atoms in total. The fraction of sp³-hybridized carbons (Fsp3) is 0.433. The van der Waals surface area contributed by atoms with E-state index in [4.69, 9.17) is 9.97 Å². The van der Waals surface area contributed by atoms with Gasteiger partial charge in [0.1, 0.15) is 17.3 Å². The average molecular weight is 576 g/mol. The Labute approximate surface area is 242 Å². The molecular formula is C30H32F3N9. The number of rotatable bonds is 9. The molecule has 1 saturated carbocycles. The molecule has 0 amide bonds. The molecule has 4 aromatic rings. The number of aryl methyl sites for hydroxylation is 1. The summed E-state index contributed by atoms with van der Waals surface area (Å²) >= 11 is 0. The highest BCUT2D eigenvalue weighted by Crippen LogP contribution is 2.44. The molecule has 1 fully saturated rings. The number of hydrogen-bond donors (Lipinski definition) is 1. The van der Waals surface area contributed by atoms with Crippen molar-refractivity contribution in [3.8, 4) is 29.0 Å². The molecule has 12 heteroatoms. The molecule has 3 aromatic heterocycles. The number of imidazole rings is 1. The summed E-state index contributed by atoms with van der Waals surface area (Å²) in [4.78, 5) is 15.9. The van der Waals surface area contributed by atoms with Crippen molar-refractivity contribution in [3.63, 3.8) is 0 Å². The highest BCUT2D eigenvalue weighted by Gasteiger charge is 2.35. The second-order valence-corrected chi connectivity index (χ2v) is 11.2. The molecule has 0 radical (unpaired) electrons. The highest BCUT2D eigenvalue weighted by molar-refractivity contribution is 5.62. The topological polar surface area (TPSA) is 100 Å². The number of fused-ring (bicyclic) bond motifs is 1. The van der Waals surface area contributed by atoms with Gasteiger partial charge >= 0.3 is 6.18 Å². The van der Waals surface area contributed by atoms with Crippen LogP contribution in [-0.2, 0) is 32.4 Å². The molecular weight excluding hydrogens is 543 g/mol. The summed E-state index contributed by atoms with van der Waals surface area (Å²) in [5.74, 6) is 2.12. The van der Waals surface area contributed by atoms with Crippen molar-refractivity contribution >= 4 is 5.82 Å². The van der Waals surface area contributed by atoms with Crippen molar-refractivity contribution in [2.75, 3.05) is 11.9 Å². The molecule has 0 bridgehead atoms. The summed E-state index contributed by atoms with van der Waals surface area (Å²) in [5, 5.41) is 17.4. The third-order valence-electron chi connectivity index (χ3n) is 7.79. The fourth-order valence-corrected chi connectivity index (χ4v) is 5.45. The second kappa shape index (κ2) is 10.9. The van der Waals surface area contributed by atoms with Crippen LogP contribution in [0.3, 0.4) is 0 Å². The number of nitriles is 1. The van der Waals surface area contributed by atoms with Crippen LogP contribution < -0.4 is 5.32 Å². The second-order valence-electron chi connectivity index (χ2n) is 11.2. The summed E-state index contributed by atoms with van der Waals surface area (Å²) in [7, 11) is 0. The molecule has 4 heterocycles. The third kappa shape index (κ3) is 5.36. The van der Waals surface area contributed by atoms with E-state index in [1.54, 1.807) is 16.7 Å². The lowest BCUT2D eigenvalue weighted by atomic mass is 10.1. The maximum atomic E-state index is 13.4. The SMILES string of the molecule is CCn1ncc(C2CC2)c1-c1nc2c(c(NCc3ccc(-c4nc(C(F)(F)F)cn4C(C)C)cc3)n1)CN(CC#N)C2. The monoisotopic (exact) mass is 575 g/mol. The molecule has 6 rings (SSSR count). The molecule has 1 aliphatic heterocycles. The van der Waals surface area contributed by atoms with Crippen LogP contribution >= 0.6 is 0 Å². The van der Waals surface area contributed by atoms with Gasteiger partial charge in [0.25, 0.3) is 0 Å². The van der Waals surface area contributed by atoms with Crippen molar-refractivity contribution in [3.05, 3.63) is 64.7 Å². The number of aromatic nitrogens is 6. The minimum atomic E-state index is -4.51. The molecule has 218 valence electrons. The van der Waals surface area contributed by atoms with E-state index in [1.165, 1.54) is 5.56 Å². The summed E-state index contributed by atoms with van der Waals surface area (Å²) in [6.45, 7) is 8.32. The van der Waals surface area contributed by atoms with E-state index >= 15 is 0 Å². The largest absolute Gasteiger partial charge is 0.434 e. The molecule has 42 heavy (non-hydrogen) atoms. The number of hydrogen-bond acceptors (Lipinski definition) is 7. The van der Waals surface area contributed by atoms with E-state index in [2.05, 4.69) is 28.4 Å². The van der Waals surface area contributed by atoms with Crippen LogP contribution in [0.15, 0.2) is 36.7 Å². The summed E-state index contributed by atoms with van der Waals surface area (Å²) < 4.78 is 43.6. The minimum Gasteiger partial charge on any atom is -0.366 e. The Balaban J connectivity index is 1.29. The van der Waals surface area contributed by atoms with Gasteiger partial charge in [0.15, 0.2) is 11.5 Å². The molecule has 0 unspecified atom stereocenters. The molecule has 0 saturated heterocycles. The number of halogens is 3. The van der Waals surface area contributed by atoms with Gasteiger partial charge in [-0.1, -0.05) is 24.3 Å². The first-order chi connectivity index (χ1) is 20.2. The van der Waals surface area contributed by atoms with Gasteiger partial charge in [0, 0.05) is 55.1 Å². The Morgan fingerprint density at radius 1 is 1.10 bits per heavy atom. The lowest BCUT2D eigenvalue weighted by molar-refractivity contribution is -0.140.